The first-order chi connectivity index (χ1) is 16.2. The molecule has 1 aliphatic carbocycles. The van der Waals surface area contributed by atoms with Crippen molar-refractivity contribution in [2.45, 2.75) is 53.4 Å². The number of aromatic nitrogens is 2. The number of carbonyl (C=O) groups excluding carboxylic acids is 1. The largest absolute Gasteiger partial charge is 0.508 e. The number of fused-ring (bicyclic) bond motifs is 1. The first-order valence-electron chi connectivity index (χ1n) is 12.1. The highest BCUT2D eigenvalue weighted by atomic mass is 16.3. The van der Waals surface area contributed by atoms with Gasteiger partial charge in [0.05, 0.1) is 12.1 Å². The number of phenols is 1. The minimum Gasteiger partial charge on any atom is -0.508 e. The summed E-state index contributed by atoms with van der Waals surface area (Å²) in [5, 5.41) is 13.0. The van der Waals surface area contributed by atoms with E-state index in [2.05, 4.69) is 29.1 Å². The Bertz CT molecular complexity index is 1020. The number of carbonyl (C=O) groups is 1. The van der Waals surface area contributed by atoms with Crippen LogP contribution in [0.2, 0.25) is 0 Å². The number of rotatable bonds is 4. The van der Waals surface area contributed by atoms with Crippen LogP contribution < -0.4 is 10.2 Å². The number of ketones is 1. The maximum absolute atomic E-state index is 10.6. The molecule has 0 bridgehead atoms. The highest BCUT2D eigenvalue weighted by Crippen LogP contribution is 2.27. The van der Waals surface area contributed by atoms with Gasteiger partial charge in [-0.1, -0.05) is 51.7 Å². The Morgan fingerprint density at radius 2 is 1.53 bits per heavy atom. The second kappa shape index (κ2) is 13.5. The monoisotopic (exact) mass is 464 g/mol. The van der Waals surface area contributed by atoms with Crippen LogP contribution in [0.15, 0.2) is 48.5 Å². The summed E-state index contributed by atoms with van der Waals surface area (Å²) in [7, 11) is 3.99. The van der Waals surface area contributed by atoms with Crippen LogP contribution in [0.3, 0.4) is 0 Å². The lowest BCUT2D eigenvalue weighted by Crippen LogP contribution is -2.12. The predicted molar refractivity (Wildman–Crippen MR) is 143 cm³/mol. The number of hydrogen-bond donors (Lipinski definition) is 2. The van der Waals surface area contributed by atoms with E-state index in [9.17, 15) is 4.79 Å². The summed E-state index contributed by atoms with van der Waals surface area (Å²) in [6.07, 6.45) is 5.89. The molecule has 0 amide bonds. The van der Waals surface area contributed by atoms with Gasteiger partial charge in [-0.05, 0) is 62.1 Å². The van der Waals surface area contributed by atoms with Crippen molar-refractivity contribution in [1.29, 1.82) is 0 Å². The fraction of sp³-hybridized carbons (Fsp3) is 0.464. The molecule has 0 unspecified atom stereocenters. The zero-order valence-electron chi connectivity index (χ0n) is 21.5. The maximum atomic E-state index is 10.6. The van der Waals surface area contributed by atoms with Crippen molar-refractivity contribution < 1.29 is 9.90 Å². The van der Waals surface area contributed by atoms with Crippen LogP contribution in [0.1, 0.15) is 52.3 Å². The number of nitrogens with one attached hydrogen (secondary N) is 1. The van der Waals surface area contributed by atoms with Gasteiger partial charge < -0.3 is 15.3 Å². The van der Waals surface area contributed by atoms with Crippen LogP contribution in [0.5, 0.6) is 5.75 Å². The number of nitrogens with zero attached hydrogens (tertiary/aromatic N) is 3. The van der Waals surface area contributed by atoms with Crippen molar-refractivity contribution in [2.24, 2.45) is 11.8 Å². The van der Waals surface area contributed by atoms with Crippen LogP contribution in [0.25, 0.3) is 10.9 Å². The molecule has 0 spiro atoms. The normalized spacial score (nSPS) is 17.0. The van der Waals surface area contributed by atoms with E-state index in [1.807, 2.05) is 50.2 Å². The van der Waals surface area contributed by atoms with Crippen molar-refractivity contribution in [3.63, 3.8) is 0 Å². The fourth-order valence-corrected chi connectivity index (χ4v) is 3.75. The van der Waals surface area contributed by atoms with Crippen LogP contribution in [-0.2, 0) is 4.79 Å². The predicted octanol–water partition coefficient (Wildman–Crippen LogP) is 6.23. The van der Waals surface area contributed by atoms with Gasteiger partial charge in [0, 0.05) is 25.2 Å². The summed E-state index contributed by atoms with van der Waals surface area (Å²) in [6.45, 7) is 8.50. The Balaban J connectivity index is 0.000000187. The number of anilines is 2. The van der Waals surface area contributed by atoms with E-state index in [-0.39, 0.29) is 11.5 Å². The van der Waals surface area contributed by atoms with Crippen molar-refractivity contribution >= 4 is 28.2 Å². The van der Waals surface area contributed by atoms with Crippen LogP contribution in [0.4, 0.5) is 11.5 Å². The van der Waals surface area contributed by atoms with Gasteiger partial charge in [0.1, 0.15) is 23.2 Å². The first-order valence-corrected chi connectivity index (χ1v) is 12.1. The van der Waals surface area contributed by atoms with Gasteiger partial charge in [0.15, 0.2) is 0 Å². The number of phenolic OH excluding ortho intramolecular Hbond substituents is 1. The lowest BCUT2D eigenvalue weighted by atomic mass is 9.84. The molecule has 2 N–H and O–H groups in total. The van der Waals surface area contributed by atoms with Crippen molar-refractivity contribution in [2.75, 3.05) is 30.9 Å². The Kier molecular flexibility index (Phi) is 10.8. The van der Waals surface area contributed by atoms with Crippen molar-refractivity contribution in [3.8, 4) is 5.75 Å². The molecule has 184 valence electrons. The number of Topliss-reactive ketones (excluding diaryl/α,β-unsaturated/α-hetero) is 1. The maximum Gasteiger partial charge on any atom is 0.148 e. The number of hydrogen-bond acceptors (Lipinski definition) is 6. The lowest BCUT2D eigenvalue weighted by Gasteiger charge is -2.22. The van der Waals surface area contributed by atoms with Gasteiger partial charge in [0.25, 0.3) is 0 Å². The van der Waals surface area contributed by atoms with Crippen LogP contribution in [0, 0.1) is 18.8 Å². The molecule has 1 heterocycles. The molecule has 2 aromatic carbocycles. The second-order valence-electron chi connectivity index (χ2n) is 9.47. The van der Waals surface area contributed by atoms with E-state index in [0.29, 0.717) is 6.54 Å². The molecule has 0 atom stereocenters. The van der Waals surface area contributed by atoms with E-state index in [1.54, 1.807) is 24.3 Å². The van der Waals surface area contributed by atoms with Gasteiger partial charge in [-0.15, -0.1) is 0 Å². The summed E-state index contributed by atoms with van der Waals surface area (Å²) in [5.41, 5.74) is 1.84. The molecule has 1 aliphatic rings. The van der Waals surface area contributed by atoms with Crippen molar-refractivity contribution in [1.82, 2.24) is 9.97 Å². The molecule has 1 aromatic heterocycles. The standard InChI is InChI=1S/C11H13N3.C9H11NO2.C8H16/c1-8-12-10-7-5-4-6-9(10)11(13-8)14(2)3;1-7(11)6-10-8-2-4-9(12)5-3-8;1-7-3-5-8(2)6-4-7/h4-7H,1-3H3;2-5,10,12H,6H2,1H3;7-8H,3-6H2,1-2H3. The summed E-state index contributed by atoms with van der Waals surface area (Å²) < 4.78 is 0. The molecule has 0 radical (unpaired) electrons. The van der Waals surface area contributed by atoms with E-state index in [0.717, 1.165) is 40.1 Å². The molecule has 0 aliphatic heterocycles. The highest BCUT2D eigenvalue weighted by molar-refractivity contribution is 5.89. The molecule has 6 heteroatoms. The molecule has 3 aromatic rings. The topological polar surface area (TPSA) is 78.3 Å². The zero-order chi connectivity index (χ0) is 25.1. The van der Waals surface area contributed by atoms with Gasteiger partial charge in [-0.25, -0.2) is 9.97 Å². The number of aromatic hydroxyl groups is 1. The summed E-state index contributed by atoms with van der Waals surface area (Å²) in [6, 6.07) is 14.6. The van der Waals surface area contributed by atoms with E-state index in [4.69, 9.17) is 5.11 Å². The fourth-order valence-electron chi connectivity index (χ4n) is 3.75. The molecule has 6 nitrogen and oxygen atoms in total. The Labute approximate surface area is 204 Å². The lowest BCUT2D eigenvalue weighted by molar-refractivity contribution is -0.115. The summed E-state index contributed by atoms with van der Waals surface area (Å²) >= 11 is 0. The van der Waals surface area contributed by atoms with Gasteiger partial charge in [0.2, 0.25) is 0 Å². The minimum atomic E-state index is 0.0862. The molecule has 34 heavy (non-hydrogen) atoms. The van der Waals surface area contributed by atoms with E-state index < -0.39 is 0 Å². The molecular formula is C28H40N4O2. The smallest absolute Gasteiger partial charge is 0.148 e. The number of para-hydroxylation sites is 1. The minimum absolute atomic E-state index is 0.0862. The summed E-state index contributed by atoms with van der Waals surface area (Å²) in [5.74, 6) is 4.14. The van der Waals surface area contributed by atoms with E-state index >= 15 is 0 Å². The third-order valence-corrected chi connectivity index (χ3v) is 5.83. The van der Waals surface area contributed by atoms with Gasteiger partial charge in [-0.2, -0.15) is 0 Å². The molecule has 0 saturated heterocycles. The van der Waals surface area contributed by atoms with Gasteiger partial charge in [-0.3, -0.25) is 4.79 Å². The van der Waals surface area contributed by atoms with Crippen LogP contribution in [-0.4, -0.2) is 41.5 Å². The van der Waals surface area contributed by atoms with E-state index in [1.165, 1.54) is 32.6 Å². The highest BCUT2D eigenvalue weighted by Gasteiger charge is 2.13. The summed E-state index contributed by atoms with van der Waals surface area (Å²) in [4.78, 5) is 21.4. The third kappa shape index (κ3) is 9.38. The molecular weight excluding hydrogens is 424 g/mol. The van der Waals surface area contributed by atoms with Gasteiger partial charge >= 0.3 is 0 Å². The molecule has 4 rings (SSSR count). The van der Waals surface area contributed by atoms with Crippen molar-refractivity contribution in [3.05, 3.63) is 54.4 Å². The SMILES string of the molecule is CC(=O)CNc1ccc(O)cc1.CC1CCC(C)CC1.Cc1nc(N(C)C)c2ccccc2n1. The Hall–Kier alpha value is -3.15. The zero-order valence-corrected chi connectivity index (χ0v) is 21.5. The molecule has 1 saturated carbocycles. The molecule has 1 fully saturated rings. The number of aryl methyl sites for hydroxylation is 1. The first kappa shape index (κ1) is 27.1. The quantitative estimate of drug-likeness (QED) is 0.446. The second-order valence-corrected chi connectivity index (χ2v) is 9.47. The third-order valence-electron chi connectivity index (χ3n) is 5.83. The number of benzene rings is 2. The average Bonchev–Trinajstić information content (AvgIpc) is 2.81. The average molecular weight is 465 g/mol. The van der Waals surface area contributed by atoms with Crippen LogP contribution >= 0.6 is 0 Å². The Morgan fingerprint density at radius 1 is 0.971 bits per heavy atom. The Morgan fingerprint density at radius 3 is 2.06 bits per heavy atom.